The monoisotopic (exact) mass is 315 g/mol. The number of ether oxygens (including phenoxy) is 1. The maximum absolute atomic E-state index is 12.1. The summed E-state index contributed by atoms with van der Waals surface area (Å²) in [5.41, 5.74) is 0.373. The Hall–Kier alpha value is -2.06. The van der Waals surface area contributed by atoms with Gasteiger partial charge in [-0.25, -0.2) is 0 Å². The molecule has 1 aromatic rings. The number of likely N-dealkylation sites (N-methyl/N-ethyl adjacent to an activating group) is 1. The molecule has 1 fully saturated rings. The van der Waals surface area contributed by atoms with E-state index in [-0.39, 0.29) is 12.5 Å². The fourth-order valence-corrected chi connectivity index (χ4v) is 2.57. The van der Waals surface area contributed by atoms with Gasteiger partial charge in [0.2, 0.25) is 5.91 Å². The molecule has 1 atom stereocenters. The average Bonchev–Trinajstić information content (AvgIpc) is 3.34. The van der Waals surface area contributed by atoms with E-state index < -0.39 is 5.54 Å². The highest BCUT2D eigenvalue weighted by molar-refractivity contribution is 5.79. The van der Waals surface area contributed by atoms with E-state index in [1.54, 1.807) is 0 Å². The van der Waals surface area contributed by atoms with Crippen molar-refractivity contribution in [2.24, 2.45) is 5.92 Å². The van der Waals surface area contributed by atoms with Crippen LogP contribution in [0, 0.1) is 24.2 Å². The Bertz CT molecular complexity index is 592. The molecule has 23 heavy (non-hydrogen) atoms. The lowest BCUT2D eigenvalue weighted by Crippen LogP contribution is -2.50. The molecule has 1 saturated carbocycles. The molecule has 0 aliphatic heterocycles. The van der Waals surface area contributed by atoms with Gasteiger partial charge in [-0.05, 0) is 51.3 Å². The van der Waals surface area contributed by atoms with Gasteiger partial charge in [0.1, 0.15) is 17.9 Å². The zero-order valence-corrected chi connectivity index (χ0v) is 14.1. The van der Waals surface area contributed by atoms with Crippen LogP contribution in [0.3, 0.4) is 0 Å². The summed E-state index contributed by atoms with van der Waals surface area (Å²) in [4.78, 5) is 14.0. The van der Waals surface area contributed by atoms with Crippen LogP contribution in [0.1, 0.15) is 25.3 Å². The molecule has 0 saturated heterocycles. The number of nitrogens with one attached hydrogen (secondary N) is 1. The molecule has 1 aliphatic carbocycles. The third-order valence-electron chi connectivity index (χ3n) is 4.26. The molecule has 124 valence electrons. The largest absolute Gasteiger partial charge is 0.492 e. The second-order valence-electron chi connectivity index (χ2n) is 6.49. The quantitative estimate of drug-likeness (QED) is 0.798. The van der Waals surface area contributed by atoms with E-state index in [0.717, 1.165) is 24.2 Å². The summed E-state index contributed by atoms with van der Waals surface area (Å²) in [6.45, 7) is 5.25. The number of amides is 1. The van der Waals surface area contributed by atoms with E-state index in [9.17, 15) is 10.1 Å². The lowest BCUT2D eigenvalue weighted by molar-refractivity contribution is -0.123. The molecule has 5 nitrogen and oxygen atoms in total. The van der Waals surface area contributed by atoms with Crippen LogP contribution in [0.25, 0.3) is 0 Å². The predicted molar refractivity (Wildman–Crippen MR) is 89.1 cm³/mol. The topological polar surface area (TPSA) is 65.4 Å². The predicted octanol–water partition coefficient (Wildman–Crippen LogP) is 2.11. The Balaban J connectivity index is 1.72. The Labute approximate surface area is 138 Å². The van der Waals surface area contributed by atoms with Crippen LogP contribution in [-0.2, 0) is 4.79 Å². The SMILES string of the molecule is Cc1ccccc1OCCN(C)CC(=O)NC(C)(C#N)C1CC1. The first kappa shape index (κ1) is 17.3. The molecule has 0 heterocycles. The van der Waals surface area contributed by atoms with Gasteiger partial charge in [0, 0.05) is 6.54 Å². The number of para-hydroxylation sites is 1. The van der Waals surface area contributed by atoms with Gasteiger partial charge in [-0.1, -0.05) is 18.2 Å². The molecule has 1 amide bonds. The number of rotatable bonds is 8. The second-order valence-corrected chi connectivity index (χ2v) is 6.49. The lowest BCUT2D eigenvalue weighted by Gasteiger charge is -2.25. The van der Waals surface area contributed by atoms with Crippen molar-refractivity contribution in [3.63, 3.8) is 0 Å². The first-order chi connectivity index (χ1) is 10.9. The van der Waals surface area contributed by atoms with Gasteiger partial charge in [0.15, 0.2) is 0 Å². The molecule has 0 bridgehead atoms. The first-order valence-electron chi connectivity index (χ1n) is 8.04. The smallest absolute Gasteiger partial charge is 0.235 e. The van der Waals surface area contributed by atoms with Gasteiger partial charge >= 0.3 is 0 Å². The third-order valence-corrected chi connectivity index (χ3v) is 4.26. The van der Waals surface area contributed by atoms with Crippen molar-refractivity contribution >= 4 is 5.91 Å². The number of benzene rings is 1. The first-order valence-corrected chi connectivity index (χ1v) is 8.04. The molecule has 0 aromatic heterocycles. The van der Waals surface area contributed by atoms with Crippen LogP contribution < -0.4 is 10.1 Å². The lowest BCUT2D eigenvalue weighted by atomic mass is 9.98. The standard InChI is InChI=1S/C18H25N3O2/c1-14-6-4-5-7-16(14)23-11-10-21(3)12-17(22)20-18(2,13-19)15-8-9-15/h4-7,15H,8-12H2,1-3H3,(H,20,22). The zero-order chi connectivity index (χ0) is 16.9. The maximum Gasteiger partial charge on any atom is 0.235 e. The summed E-state index contributed by atoms with van der Waals surface area (Å²) in [5.74, 6) is 1.06. The van der Waals surface area contributed by atoms with Gasteiger partial charge in [0.25, 0.3) is 0 Å². The number of hydrogen-bond donors (Lipinski definition) is 1. The van der Waals surface area contributed by atoms with Gasteiger partial charge < -0.3 is 10.1 Å². The Morgan fingerprint density at radius 1 is 1.48 bits per heavy atom. The summed E-state index contributed by atoms with van der Waals surface area (Å²) in [5, 5.41) is 12.1. The highest BCUT2D eigenvalue weighted by Crippen LogP contribution is 2.39. The number of nitriles is 1. The minimum atomic E-state index is -0.727. The van der Waals surface area contributed by atoms with E-state index in [1.165, 1.54) is 0 Å². The van der Waals surface area contributed by atoms with Crippen LogP contribution in [0.5, 0.6) is 5.75 Å². The summed E-state index contributed by atoms with van der Waals surface area (Å²) in [6.07, 6.45) is 2.04. The molecule has 0 spiro atoms. The van der Waals surface area contributed by atoms with Crippen LogP contribution in [-0.4, -0.2) is 43.1 Å². The average molecular weight is 315 g/mol. The molecule has 1 aromatic carbocycles. The van der Waals surface area contributed by atoms with Gasteiger partial charge in [-0.3, -0.25) is 9.69 Å². The Kier molecular flexibility index (Phi) is 5.62. The molecule has 0 radical (unpaired) electrons. The van der Waals surface area contributed by atoms with Crippen LogP contribution in [0.15, 0.2) is 24.3 Å². The van der Waals surface area contributed by atoms with Crippen molar-refractivity contribution in [1.29, 1.82) is 5.26 Å². The summed E-state index contributed by atoms with van der Waals surface area (Å²) >= 11 is 0. The van der Waals surface area contributed by atoms with Crippen molar-refractivity contribution in [3.05, 3.63) is 29.8 Å². The number of aryl methyl sites for hydroxylation is 1. The normalized spacial score (nSPS) is 16.5. The second kappa shape index (κ2) is 7.47. The third kappa shape index (κ3) is 4.97. The van der Waals surface area contributed by atoms with Gasteiger partial charge in [-0.2, -0.15) is 5.26 Å². The Morgan fingerprint density at radius 3 is 2.78 bits per heavy atom. The molecular weight excluding hydrogens is 290 g/mol. The molecule has 1 unspecified atom stereocenters. The van der Waals surface area contributed by atoms with Gasteiger partial charge in [-0.15, -0.1) is 0 Å². The highest BCUT2D eigenvalue weighted by atomic mass is 16.5. The number of carbonyl (C=O) groups is 1. The van der Waals surface area contributed by atoms with Crippen molar-refractivity contribution in [2.75, 3.05) is 26.7 Å². The fraction of sp³-hybridized carbons (Fsp3) is 0.556. The summed E-state index contributed by atoms with van der Waals surface area (Å²) in [6, 6.07) is 10.1. The van der Waals surface area contributed by atoms with Crippen LogP contribution in [0.2, 0.25) is 0 Å². The van der Waals surface area contributed by atoms with E-state index in [0.29, 0.717) is 19.1 Å². The summed E-state index contributed by atoms with van der Waals surface area (Å²) in [7, 11) is 1.88. The fourth-order valence-electron chi connectivity index (χ4n) is 2.57. The van der Waals surface area contributed by atoms with Crippen molar-refractivity contribution in [1.82, 2.24) is 10.2 Å². The number of carbonyl (C=O) groups excluding carboxylic acids is 1. The van der Waals surface area contributed by atoms with E-state index >= 15 is 0 Å². The molecule has 2 rings (SSSR count). The van der Waals surface area contributed by atoms with Crippen molar-refractivity contribution < 1.29 is 9.53 Å². The van der Waals surface area contributed by atoms with Crippen LogP contribution in [0.4, 0.5) is 0 Å². The molecular formula is C18H25N3O2. The molecule has 1 N–H and O–H groups in total. The number of hydrogen-bond acceptors (Lipinski definition) is 4. The van der Waals surface area contributed by atoms with E-state index in [4.69, 9.17) is 4.74 Å². The van der Waals surface area contributed by atoms with Crippen molar-refractivity contribution in [2.45, 2.75) is 32.2 Å². The molecule has 1 aliphatic rings. The number of nitrogens with zero attached hydrogens (tertiary/aromatic N) is 2. The minimum absolute atomic E-state index is 0.112. The summed E-state index contributed by atoms with van der Waals surface area (Å²) < 4.78 is 5.73. The Morgan fingerprint density at radius 2 is 2.17 bits per heavy atom. The molecule has 5 heteroatoms. The van der Waals surface area contributed by atoms with Crippen LogP contribution >= 0.6 is 0 Å². The van der Waals surface area contributed by atoms with Crippen molar-refractivity contribution in [3.8, 4) is 11.8 Å². The zero-order valence-electron chi connectivity index (χ0n) is 14.1. The van der Waals surface area contributed by atoms with E-state index in [2.05, 4.69) is 11.4 Å². The maximum atomic E-state index is 12.1. The van der Waals surface area contributed by atoms with E-state index in [1.807, 2.05) is 50.1 Å². The minimum Gasteiger partial charge on any atom is -0.492 e. The highest BCUT2D eigenvalue weighted by Gasteiger charge is 2.42. The van der Waals surface area contributed by atoms with Gasteiger partial charge in [0.05, 0.1) is 12.6 Å².